The molecule has 1 aromatic carbocycles. The highest BCUT2D eigenvalue weighted by molar-refractivity contribution is 6.06. The Balaban J connectivity index is 1.51. The van der Waals surface area contributed by atoms with E-state index in [1.807, 2.05) is 18.2 Å². The molecule has 7 nitrogen and oxygen atoms in total. The van der Waals surface area contributed by atoms with Gasteiger partial charge in [0.05, 0.1) is 17.6 Å². The third-order valence-electron chi connectivity index (χ3n) is 5.83. The van der Waals surface area contributed by atoms with E-state index in [1.54, 1.807) is 0 Å². The first-order valence-corrected chi connectivity index (χ1v) is 10.2. The summed E-state index contributed by atoms with van der Waals surface area (Å²) in [6.07, 6.45) is 4.48. The number of para-hydroxylation sites is 1. The van der Waals surface area contributed by atoms with Crippen molar-refractivity contribution in [1.29, 1.82) is 0 Å². The topological polar surface area (TPSA) is 95.2 Å². The molecule has 4 rings (SSSR count). The van der Waals surface area contributed by atoms with Crippen molar-refractivity contribution in [3.05, 3.63) is 30.1 Å². The third-order valence-corrected chi connectivity index (χ3v) is 5.83. The van der Waals surface area contributed by atoms with Gasteiger partial charge >= 0.3 is 0 Å². The van der Waals surface area contributed by atoms with Crippen LogP contribution in [0.3, 0.4) is 0 Å². The van der Waals surface area contributed by atoms with Crippen molar-refractivity contribution in [2.75, 3.05) is 32.5 Å². The van der Waals surface area contributed by atoms with Gasteiger partial charge in [-0.15, -0.1) is 0 Å². The Labute approximate surface area is 165 Å². The maximum atomic E-state index is 6.19. The van der Waals surface area contributed by atoms with Gasteiger partial charge in [0.25, 0.3) is 0 Å². The van der Waals surface area contributed by atoms with Gasteiger partial charge in [-0.25, -0.2) is 9.97 Å². The van der Waals surface area contributed by atoms with Gasteiger partial charge in [0.2, 0.25) is 0 Å². The fourth-order valence-electron chi connectivity index (χ4n) is 4.24. The predicted octanol–water partition coefficient (Wildman–Crippen LogP) is 2.52. The molecule has 0 amide bonds. The molecule has 0 atom stereocenters. The van der Waals surface area contributed by atoms with Crippen LogP contribution in [0.25, 0.3) is 21.9 Å². The Morgan fingerprint density at radius 1 is 1.18 bits per heavy atom. The molecule has 1 aliphatic heterocycles. The number of hydrogen-bond acceptors (Lipinski definition) is 6. The van der Waals surface area contributed by atoms with E-state index < -0.39 is 0 Å². The first kappa shape index (κ1) is 19.1. The van der Waals surface area contributed by atoms with Gasteiger partial charge in [0, 0.05) is 31.2 Å². The molecule has 0 saturated carbocycles. The van der Waals surface area contributed by atoms with E-state index in [0.29, 0.717) is 18.4 Å². The Morgan fingerprint density at radius 3 is 2.75 bits per heavy atom. The average Bonchev–Trinajstić information content (AvgIpc) is 3.11. The number of hydrogen-bond donors (Lipinski definition) is 2. The maximum Gasteiger partial charge on any atom is 0.152 e. The second-order valence-electron chi connectivity index (χ2n) is 7.63. The molecular weight excluding hydrogens is 352 g/mol. The quantitative estimate of drug-likeness (QED) is 0.610. The summed E-state index contributed by atoms with van der Waals surface area (Å²) in [5.41, 5.74) is 14.9. The first-order chi connectivity index (χ1) is 13.7. The minimum absolute atomic E-state index is 0.393. The van der Waals surface area contributed by atoms with E-state index in [2.05, 4.69) is 27.6 Å². The summed E-state index contributed by atoms with van der Waals surface area (Å²) < 4.78 is 7.71. The summed E-state index contributed by atoms with van der Waals surface area (Å²) in [5.74, 6) is 1.35. The van der Waals surface area contributed by atoms with Gasteiger partial charge < -0.3 is 25.7 Å². The molecule has 1 aliphatic rings. The monoisotopic (exact) mass is 382 g/mol. The Morgan fingerprint density at radius 2 is 1.96 bits per heavy atom. The van der Waals surface area contributed by atoms with E-state index in [9.17, 15) is 0 Å². The minimum Gasteiger partial charge on any atom is -0.382 e. The van der Waals surface area contributed by atoms with Gasteiger partial charge in [-0.3, -0.25) is 0 Å². The zero-order valence-electron chi connectivity index (χ0n) is 16.6. The number of benzene rings is 1. The number of fused-ring (bicyclic) bond motifs is 3. The number of ether oxygens (including phenoxy) is 1. The number of nitrogens with zero attached hydrogens (tertiary/aromatic N) is 4. The van der Waals surface area contributed by atoms with Crippen LogP contribution in [0.5, 0.6) is 0 Å². The number of rotatable bonds is 7. The van der Waals surface area contributed by atoms with Gasteiger partial charge in [-0.2, -0.15) is 0 Å². The van der Waals surface area contributed by atoms with E-state index in [4.69, 9.17) is 21.2 Å². The summed E-state index contributed by atoms with van der Waals surface area (Å²) in [5, 5.41) is 1.08. The fraction of sp³-hybridized carbons (Fsp3) is 0.524. The zero-order valence-corrected chi connectivity index (χ0v) is 16.6. The lowest BCUT2D eigenvalue weighted by molar-refractivity contribution is 0.0425. The number of nitrogens with two attached hydrogens (primary N) is 2. The number of nitrogen functional groups attached to an aromatic ring is 1. The molecule has 150 valence electrons. The van der Waals surface area contributed by atoms with Crippen molar-refractivity contribution >= 4 is 27.8 Å². The third kappa shape index (κ3) is 3.70. The van der Waals surface area contributed by atoms with Gasteiger partial charge in [0.15, 0.2) is 5.82 Å². The number of anilines is 1. The van der Waals surface area contributed by atoms with Crippen molar-refractivity contribution in [1.82, 2.24) is 19.4 Å². The molecule has 0 radical (unpaired) electrons. The highest BCUT2D eigenvalue weighted by atomic mass is 16.5. The molecule has 0 spiro atoms. The van der Waals surface area contributed by atoms with E-state index >= 15 is 0 Å². The molecule has 3 aromatic rings. The van der Waals surface area contributed by atoms with E-state index in [-0.39, 0.29) is 0 Å². The molecule has 28 heavy (non-hydrogen) atoms. The van der Waals surface area contributed by atoms with Crippen LogP contribution in [0.15, 0.2) is 24.3 Å². The van der Waals surface area contributed by atoms with Crippen molar-refractivity contribution in [2.45, 2.75) is 44.8 Å². The number of imidazole rings is 1. The smallest absolute Gasteiger partial charge is 0.152 e. The lowest BCUT2D eigenvalue weighted by atomic mass is 10.1. The zero-order chi connectivity index (χ0) is 19.5. The Bertz CT molecular complexity index is 947. The minimum atomic E-state index is 0.393. The van der Waals surface area contributed by atoms with E-state index in [0.717, 1.165) is 79.7 Å². The van der Waals surface area contributed by atoms with Crippen LogP contribution in [-0.2, 0) is 17.8 Å². The van der Waals surface area contributed by atoms with Crippen LogP contribution < -0.4 is 11.5 Å². The molecule has 0 unspecified atom stereocenters. The van der Waals surface area contributed by atoms with E-state index in [1.165, 1.54) is 0 Å². The van der Waals surface area contributed by atoms with Crippen molar-refractivity contribution < 1.29 is 4.74 Å². The van der Waals surface area contributed by atoms with Crippen LogP contribution in [0.4, 0.5) is 5.82 Å². The predicted molar refractivity (Wildman–Crippen MR) is 113 cm³/mol. The Hall–Kier alpha value is -2.22. The first-order valence-electron chi connectivity index (χ1n) is 10.2. The van der Waals surface area contributed by atoms with Crippen LogP contribution in [0.1, 0.15) is 31.5 Å². The number of unbranched alkanes of at least 4 members (excludes halogenated alkanes) is 1. The van der Waals surface area contributed by atoms with Crippen LogP contribution in [0, 0.1) is 0 Å². The molecule has 2 aromatic heterocycles. The largest absolute Gasteiger partial charge is 0.382 e. The number of aromatic nitrogens is 3. The molecule has 0 aliphatic carbocycles. The van der Waals surface area contributed by atoms with Gasteiger partial charge in [-0.05, 0) is 45.3 Å². The molecule has 1 fully saturated rings. The average molecular weight is 383 g/mol. The summed E-state index contributed by atoms with van der Waals surface area (Å²) in [6.45, 7) is 4.15. The van der Waals surface area contributed by atoms with Gasteiger partial charge in [0.1, 0.15) is 11.3 Å². The molecule has 0 bridgehead atoms. The fourth-order valence-corrected chi connectivity index (χ4v) is 4.24. The van der Waals surface area contributed by atoms with Crippen molar-refractivity contribution in [3.8, 4) is 0 Å². The lowest BCUT2D eigenvalue weighted by Crippen LogP contribution is -2.37. The van der Waals surface area contributed by atoms with Crippen LogP contribution >= 0.6 is 0 Å². The molecule has 7 heteroatoms. The molecule has 4 N–H and O–H groups in total. The van der Waals surface area contributed by atoms with Crippen molar-refractivity contribution in [2.24, 2.45) is 5.73 Å². The second-order valence-corrected chi connectivity index (χ2v) is 7.63. The standard InChI is InChI=1S/C21H30N6O/c1-26(15-8-12-28-13-9-15)10-4-5-11-27-18(14-22)25-19-20(27)16-6-2-3-7-17(16)24-21(19)23/h2-3,6-7,15H,4-5,8-14,22H2,1H3,(H2,23,24). The Kier molecular flexibility index (Phi) is 5.75. The highest BCUT2D eigenvalue weighted by Crippen LogP contribution is 2.29. The highest BCUT2D eigenvalue weighted by Gasteiger charge is 2.19. The summed E-state index contributed by atoms with van der Waals surface area (Å²) in [6, 6.07) is 8.74. The molecule has 3 heterocycles. The number of aryl methyl sites for hydroxylation is 1. The maximum absolute atomic E-state index is 6.19. The van der Waals surface area contributed by atoms with Crippen LogP contribution in [0.2, 0.25) is 0 Å². The number of pyridine rings is 1. The van der Waals surface area contributed by atoms with Crippen molar-refractivity contribution in [3.63, 3.8) is 0 Å². The molecular formula is C21H30N6O. The normalized spacial score (nSPS) is 15.8. The summed E-state index contributed by atoms with van der Waals surface area (Å²) in [4.78, 5) is 11.7. The summed E-state index contributed by atoms with van der Waals surface area (Å²) in [7, 11) is 2.23. The second kappa shape index (κ2) is 8.43. The van der Waals surface area contributed by atoms with Crippen LogP contribution in [-0.4, -0.2) is 52.3 Å². The lowest BCUT2D eigenvalue weighted by Gasteiger charge is -2.31. The summed E-state index contributed by atoms with van der Waals surface area (Å²) >= 11 is 0. The SMILES string of the molecule is CN(CCCCn1c(CN)nc2c(N)nc3ccccc3c21)C1CCOCC1. The molecule has 1 saturated heterocycles. The van der Waals surface area contributed by atoms with Gasteiger partial charge in [-0.1, -0.05) is 18.2 Å².